The van der Waals surface area contributed by atoms with Gasteiger partial charge in [0.1, 0.15) is 5.82 Å². The van der Waals surface area contributed by atoms with Crippen LogP contribution in [0, 0.1) is 5.82 Å². The SMILES string of the molecule is O=C(N/N=C/c1ccccc1F)c1ccc(NS(=O)(=O)c2c[nH]c(=O)[nH]c2=O)cc1. The average Bonchev–Trinajstić information content (AvgIpc) is 2.69. The molecule has 1 amide bonds. The van der Waals surface area contributed by atoms with Crippen molar-refractivity contribution in [2.75, 3.05) is 4.72 Å². The van der Waals surface area contributed by atoms with E-state index in [1.807, 2.05) is 4.98 Å². The fourth-order valence-electron chi connectivity index (χ4n) is 2.30. The summed E-state index contributed by atoms with van der Waals surface area (Å²) in [5, 5.41) is 3.67. The van der Waals surface area contributed by atoms with Gasteiger partial charge in [0.15, 0.2) is 4.90 Å². The Morgan fingerprint density at radius 1 is 1.07 bits per heavy atom. The van der Waals surface area contributed by atoms with Crippen LogP contribution in [0.15, 0.2) is 74.3 Å². The normalized spacial score (nSPS) is 11.4. The maximum Gasteiger partial charge on any atom is 0.325 e. The fraction of sp³-hybridized carbons (Fsp3) is 0. The van der Waals surface area contributed by atoms with Gasteiger partial charge in [0.25, 0.3) is 21.5 Å². The number of amides is 1. The third-order valence-electron chi connectivity index (χ3n) is 3.75. The Kier molecular flexibility index (Phi) is 5.88. The second-order valence-electron chi connectivity index (χ2n) is 5.84. The molecule has 2 aromatic carbocycles. The molecule has 4 N–H and O–H groups in total. The number of rotatable bonds is 6. The average molecular weight is 431 g/mol. The predicted molar refractivity (Wildman–Crippen MR) is 106 cm³/mol. The minimum absolute atomic E-state index is 0.0759. The van der Waals surface area contributed by atoms with Gasteiger partial charge in [-0.05, 0) is 30.3 Å². The number of hydrazone groups is 1. The van der Waals surface area contributed by atoms with Crippen LogP contribution in [0.5, 0.6) is 0 Å². The highest BCUT2D eigenvalue weighted by atomic mass is 32.2. The number of hydrogen-bond acceptors (Lipinski definition) is 6. The van der Waals surface area contributed by atoms with Gasteiger partial charge < -0.3 is 4.98 Å². The zero-order valence-corrected chi connectivity index (χ0v) is 15.9. The van der Waals surface area contributed by atoms with Gasteiger partial charge in [0.2, 0.25) is 0 Å². The maximum absolute atomic E-state index is 13.5. The van der Waals surface area contributed by atoms with E-state index in [1.54, 1.807) is 6.07 Å². The smallest absolute Gasteiger partial charge is 0.313 e. The number of halogens is 1. The number of hydrogen-bond donors (Lipinski definition) is 4. The Morgan fingerprint density at radius 2 is 1.77 bits per heavy atom. The van der Waals surface area contributed by atoms with Crippen molar-refractivity contribution >= 4 is 27.8 Å². The van der Waals surface area contributed by atoms with Crippen LogP contribution in [0.2, 0.25) is 0 Å². The molecule has 1 heterocycles. The predicted octanol–water partition coefficient (Wildman–Crippen LogP) is 0.767. The van der Waals surface area contributed by atoms with Gasteiger partial charge in [0.05, 0.1) is 6.21 Å². The van der Waals surface area contributed by atoms with E-state index in [0.717, 1.165) is 12.4 Å². The van der Waals surface area contributed by atoms with Crippen molar-refractivity contribution in [1.29, 1.82) is 0 Å². The molecule has 0 atom stereocenters. The summed E-state index contributed by atoms with van der Waals surface area (Å²) < 4.78 is 40.2. The van der Waals surface area contributed by atoms with Crippen LogP contribution in [0.3, 0.4) is 0 Å². The van der Waals surface area contributed by atoms with Gasteiger partial charge in [-0.1, -0.05) is 18.2 Å². The number of H-pyrrole nitrogens is 2. The number of carbonyl (C=O) groups is 1. The van der Waals surface area contributed by atoms with Crippen molar-refractivity contribution in [3.8, 4) is 0 Å². The molecule has 0 aliphatic rings. The summed E-state index contributed by atoms with van der Waals surface area (Å²) in [7, 11) is -4.27. The highest BCUT2D eigenvalue weighted by Gasteiger charge is 2.19. The Morgan fingerprint density at radius 3 is 2.43 bits per heavy atom. The number of aromatic amines is 2. The van der Waals surface area contributed by atoms with E-state index in [1.165, 1.54) is 42.5 Å². The fourth-order valence-corrected chi connectivity index (χ4v) is 3.37. The molecule has 0 aliphatic heterocycles. The van der Waals surface area contributed by atoms with Crippen molar-refractivity contribution in [3.63, 3.8) is 0 Å². The lowest BCUT2D eigenvalue weighted by Gasteiger charge is -2.07. The Bertz CT molecular complexity index is 1330. The second-order valence-corrected chi connectivity index (χ2v) is 7.49. The summed E-state index contributed by atoms with van der Waals surface area (Å²) in [6.45, 7) is 0. The molecular formula is C18H14FN5O5S. The topological polar surface area (TPSA) is 153 Å². The number of aromatic nitrogens is 2. The molecule has 0 radical (unpaired) electrons. The minimum atomic E-state index is -4.27. The first-order chi connectivity index (χ1) is 14.3. The summed E-state index contributed by atoms with van der Waals surface area (Å²) in [6, 6.07) is 11.1. The van der Waals surface area contributed by atoms with Crippen molar-refractivity contribution in [3.05, 3.63) is 92.5 Å². The van der Waals surface area contributed by atoms with Crippen molar-refractivity contribution in [1.82, 2.24) is 15.4 Å². The zero-order chi connectivity index (χ0) is 21.7. The molecule has 154 valence electrons. The number of nitrogens with one attached hydrogen (secondary N) is 4. The highest BCUT2D eigenvalue weighted by molar-refractivity contribution is 7.92. The van der Waals surface area contributed by atoms with Crippen LogP contribution in [0.1, 0.15) is 15.9 Å². The lowest BCUT2D eigenvalue weighted by atomic mass is 10.2. The number of nitrogens with zero attached hydrogens (tertiary/aromatic N) is 1. The molecule has 12 heteroatoms. The van der Waals surface area contributed by atoms with Crippen LogP contribution in [-0.2, 0) is 10.0 Å². The van der Waals surface area contributed by atoms with E-state index in [0.29, 0.717) is 0 Å². The standard InChI is InChI=1S/C18H14FN5O5S/c19-14-4-2-1-3-12(14)9-21-23-16(25)11-5-7-13(8-6-11)24-30(28,29)15-10-20-18(27)22-17(15)26/h1-10,24H,(H,23,25)(H2,20,22,26,27)/b21-9+. The zero-order valence-electron chi connectivity index (χ0n) is 15.0. The second kappa shape index (κ2) is 8.53. The van der Waals surface area contributed by atoms with Crippen LogP contribution in [0.25, 0.3) is 0 Å². The summed E-state index contributed by atoms with van der Waals surface area (Å²) in [5.41, 5.74) is 0.740. The van der Waals surface area contributed by atoms with Gasteiger partial charge >= 0.3 is 5.69 Å². The summed E-state index contributed by atoms with van der Waals surface area (Å²) in [5.74, 6) is -1.09. The molecule has 0 unspecified atom stereocenters. The summed E-state index contributed by atoms with van der Waals surface area (Å²) in [6.07, 6.45) is 1.93. The Labute approximate surface area is 168 Å². The first kappa shape index (κ1) is 20.7. The Balaban J connectivity index is 1.68. The van der Waals surface area contributed by atoms with Crippen LogP contribution in [-0.4, -0.2) is 30.5 Å². The summed E-state index contributed by atoms with van der Waals surface area (Å²) >= 11 is 0. The molecule has 0 spiro atoms. The number of anilines is 1. The third-order valence-corrected chi connectivity index (χ3v) is 5.14. The van der Waals surface area contributed by atoms with E-state index in [9.17, 15) is 27.2 Å². The lowest BCUT2D eigenvalue weighted by molar-refractivity contribution is 0.0955. The van der Waals surface area contributed by atoms with E-state index in [2.05, 4.69) is 20.2 Å². The molecule has 30 heavy (non-hydrogen) atoms. The van der Waals surface area contributed by atoms with Crippen LogP contribution in [0.4, 0.5) is 10.1 Å². The van der Waals surface area contributed by atoms with Crippen molar-refractivity contribution in [2.45, 2.75) is 4.90 Å². The lowest BCUT2D eigenvalue weighted by Crippen LogP contribution is -2.29. The van der Waals surface area contributed by atoms with Crippen molar-refractivity contribution in [2.24, 2.45) is 5.10 Å². The molecular weight excluding hydrogens is 417 g/mol. The third kappa shape index (κ3) is 4.86. The van der Waals surface area contributed by atoms with E-state index in [-0.39, 0.29) is 16.8 Å². The van der Waals surface area contributed by atoms with Gasteiger partial charge in [-0.15, -0.1) is 0 Å². The molecule has 3 aromatic rings. The molecule has 0 bridgehead atoms. The maximum atomic E-state index is 13.5. The van der Waals surface area contributed by atoms with Gasteiger partial charge in [-0.3, -0.25) is 19.3 Å². The molecule has 1 aromatic heterocycles. The molecule has 10 nitrogen and oxygen atoms in total. The molecule has 3 rings (SSSR count). The van der Waals surface area contributed by atoms with E-state index in [4.69, 9.17) is 0 Å². The monoisotopic (exact) mass is 431 g/mol. The largest absolute Gasteiger partial charge is 0.325 e. The number of sulfonamides is 1. The van der Waals surface area contributed by atoms with Crippen LogP contribution >= 0.6 is 0 Å². The Hall–Kier alpha value is -4.06. The molecule has 0 saturated heterocycles. The quantitative estimate of drug-likeness (QED) is 0.335. The first-order valence-electron chi connectivity index (χ1n) is 8.29. The molecule has 0 fully saturated rings. The van der Waals surface area contributed by atoms with Crippen molar-refractivity contribution < 1.29 is 17.6 Å². The van der Waals surface area contributed by atoms with Gasteiger partial charge in [0, 0.05) is 23.0 Å². The summed E-state index contributed by atoms with van der Waals surface area (Å²) in [4.78, 5) is 38.0. The van der Waals surface area contributed by atoms with Gasteiger partial charge in [-0.2, -0.15) is 5.10 Å². The van der Waals surface area contributed by atoms with Crippen LogP contribution < -0.4 is 21.4 Å². The number of carbonyl (C=O) groups excluding carboxylic acids is 1. The number of benzene rings is 2. The van der Waals surface area contributed by atoms with Gasteiger partial charge in [-0.25, -0.2) is 23.0 Å². The highest BCUT2D eigenvalue weighted by Crippen LogP contribution is 2.14. The molecule has 0 saturated carbocycles. The molecule has 0 aliphatic carbocycles. The first-order valence-corrected chi connectivity index (χ1v) is 9.77. The van der Waals surface area contributed by atoms with E-state index < -0.39 is 37.9 Å². The van der Waals surface area contributed by atoms with E-state index >= 15 is 0 Å². The minimum Gasteiger partial charge on any atom is -0.313 e.